The molecule has 2 fully saturated rings. The predicted octanol–water partition coefficient (Wildman–Crippen LogP) is 0.901. The average Bonchev–Trinajstić information content (AvgIpc) is 3.10. The van der Waals surface area contributed by atoms with Gasteiger partial charge in [0.2, 0.25) is 0 Å². The Hall–Kier alpha value is -2.38. The standard InChI is InChI=1S/C18H24N6O2/c1-2-22-15(7-8-19-22)17(25)24-13-5-6-14(24)11-21-16(9-13)20-23(18(21)26)10-12-3-4-12/h7-8,12-14H,2-6,9-11H2,1H3. The lowest BCUT2D eigenvalue weighted by Gasteiger charge is -2.28. The molecule has 5 rings (SSSR count). The van der Waals surface area contributed by atoms with E-state index in [1.165, 1.54) is 12.8 Å². The van der Waals surface area contributed by atoms with Crippen LogP contribution in [-0.4, -0.2) is 47.0 Å². The van der Waals surface area contributed by atoms with Crippen molar-refractivity contribution in [3.05, 3.63) is 34.3 Å². The Morgan fingerprint density at radius 1 is 1.19 bits per heavy atom. The highest BCUT2D eigenvalue weighted by Crippen LogP contribution is 2.33. The first kappa shape index (κ1) is 15.8. The van der Waals surface area contributed by atoms with Crippen LogP contribution in [0.2, 0.25) is 0 Å². The summed E-state index contributed by atoms with van der Waals surface area (Å²) in [5.74, 6) is 1.49. The third kappa shape index (κ3) is 2.42. The smallest absolute Gasteiger partial charge is 0.329 e. The van der Waals surface area contributed by atoms with Gasteiger partial charge in [-0.25, -0.2) is 9.48 Å². The van der Waals surface area contributed by atoms with E-state index < -0.39 is 0 Å². The van der Waals surface area contributed by atoms with E-state index in [2.05, 4.69) is 10.2 Å². The summed E-state index contributed by atoms with van der Waals surface area (Å²) in [7, 11) is 0. The van der Waals surface area contributed by atoms with Gasteiger partial charge in [0.05, 0.1) is 6.04 Å². The molecule has 2 atom stereocenters. The van der Waals surface area contributed by atoms with E-state index in [4.69, 9.17) is 0 Å². The Morgan fingerprint density at radius 3 is 2.77 bits per heavy atom. The highest BCUT2D eigenvalue weighted by Gasteiger charge is 2.42. The minimum Gasteiger partial charge on any atom is -0.329 e. The summed E-state index contributed by atoms with van der Waals surface area (Å²) < 4.78 is 5.20. The fraction of sp³-hybridized carbons (Fsp3) is 0.667. The van der Waals surface area contributed by atoms with Crippen LogP contribution in [0.3, 0.4) is 0 Å². The van der Waals surface area contributed by atoms with E-state index in [1.54, 1.807) is 21.6 Å². The van der Waals surface area contributed by atoms with Gasteiger partial charge in [-0.1, -0.05) is 0 Å². The SMILES string of the molecule is CCn1nccc1C(=O)N1C2CCC1Cn1c(nn(CC3CC3)c1=O)C2. The van der Waals surface area contributed by atoms with Crippen molar-refractivity contribution in [2.75, 3.05) is 0 Å². The summed E-state index contributed by atoms with van der Waals surface area (Å²) in [6.07, 6.45) is 6.66. The van der Waals surface area contributed by atoms with Crippen LogP contribution in [0, 0.1) is 5.92 Å². The van der Waals surface area contributed by atoms with Gasteiger partial charge in [0.1, 0.15) is 11.5 Å². The van der Waals surface area contributed by atoms with Crippen LogP contribution in [0.5, 0.6) is 0 Å². The molecule has 8 heteroatoms. The van der Waals surface area contributed by atoms with Crippen molar-refractivity contribution in [1.82, 2.24) is 29.0 Å². The number of hydrogen-bond donors (Lipinski definition) is 0. The number of amides is 1. The summed E-state index contributed by atoms with van der Waals surface area (Å²) in [5, 5.41) is 8.84. The van der Waals surface area contributed by atoms with E-state index in [9.17, 15) is 9.59 Å². The number of carbonyl (C=O) groups is 1. The largest absolute Gasteiger partial charge is 0.345 e. The molecule has 4 heterocycles. The van der Waals surface area contributed by atoms with Crippen molar-refractivity contribution in [3.63, 3.8) is 0 Å². The number of hydrogen-bond acceptors (Lipinski definition) is 4. The molecular formula is C18H24N6O2. The highest BCUT2D eigenvalue weighted by molar-refractivity contribution is 5.93. The van der Waals surface area contributed by atoms with Crippen LogP contribution >= 0.6 is 0 Å². The molecule has 3 aliphatic rings. The van der Waals surface area contributed by atoms with E-state index in [-0.39, 0.29) is 23.7 Å². The Kier molecular flexibility index (Phi) is 3.55. The first-order valence-corrected chi connectivity index (χ1v) is 9.66. The van der Waals surface area contributed by atoms with Gasteiger partial charge < -0.3 is 4.90 Å². The Labute approximate surface area is 151 Å². The number of carbonyl (C=O) groups excluding carboxylic acids is 1. The maximum atomic E-state index is 13.2. The maximum absolute atomic E-state index is 13.2. The predicted molar refractivity (Wildman–Crippen MR) is 93.8 cm³/mol. The van der Waals surface area contributed by atoms with Gasteiger partial charge in [0.25, 0.3) is 5.91 Å². The molecule has 0 spiro atoms. The fourth-order valence-electron chi connectivity index (χ4n) is 4.48. The van der Waals surface area contributed by atoms with Gasteiger partial charge in [0.15, 0.2) is 0 Å². The van der Waals surface area contributed by atoms with Crippen LogP contribution in [-0.2, 0) is 26.1 Å². The number of rotatable bonds is 4. The third-order valence-corrected chi connectivity index (χ3v) is 6.03. The fourth-order valence-corrected chi connectivity index (χ4v) is 4.48. The second-order valence-corrected chi connectivity index (χ2v) is 7.77. The zero-order chi connectivity index (χ0) is 17.8. The molecule has 2 aromatic heterocycles. The highest BCUT2D eigenvalue weighted by atomic mass is 16.2. The van der Waals surface area contributed by atoms with Crippen LogP contribution in [0.4, 0.5) is 0 Å². The van der Waals surface area contributed by atoms with Crippen molar-refractivity contribution >= 4 is 5.91 Å². The van der Waals surface area contributed by atoms with E-state index in [1.807, 2.05) is 16.4 Å². The lowest BCUT2D eigenvalue weighted by Crippen LogP contribution is -2.43. The maximum Gasteiger partial charge on any atom is 0.345 e. The second kappa shape index (κ2) is 5.82. The van der Waals surface area contributed by atoms with E-state index >= 15 is 0 Å². The Morgan fingerprint density at radius 2 is 2.00 bits per heavy atom. The summed E-state index contributed by atoms with van der Waals surface area (Å²) >= 11 is 0. The van der Waals surface area contributed by atoms with Crippen LogP contribution < -0.4 is 5.69 Å². The molecule has 0 N–H and O–H groups in total. The number of fused-ring (bicyclic) bond motifs is 3. The molecule has 1 aliphatic carbocycles. The lowest BCUT2D eigenvalue weighted by atomic mass is 10.1. The molecule has 8 nitrogen and oxygen atoms in total. The van der Waals surface area contributed by atoms with Crippen LogP contribution in [0.15, 0.2) is 17.1 Å². The number of aryl methyl sites for hydroxylation is 1. The Bertz CT molecular complexity index is 905. The molecule has 2 bridgehead atoms. The van der Waals surface area contributed by atoms with Crippen molar-refractivity contribution in [2.24, 2.45) is 5.92 Å². The molecule has 2 aromatic rings. The molecule has 1 saturated heterocycles. The zero-order valence-corrected chi connectivity index (χ0v) is 15.0. The quantitative estimate of drug-likeness (QED) is 0.815. The molecule has 1 saturated carbocycles. The van der Waals surface area contributed by atoms with Gasteiger partial charge >= 0.3 is 5.69 Å². The molecule has 26 heavy (non-hydrogen) atoms. The monoisotopic (exact) mass is 356 g/mol. The zero-order valence-electron chi connectivity index (χ0n) is 15.0. The van der Waals surface area contributed by atoms with Gasteiger partial charge in [-0.2, -0.15) is 10.2 Å². The molecule has 138 valence electrons. The van der Waals surface area contributed by atoms with Gasteiger partial charge in [-0.3, -0.25) is 14.0 Å². The van der Waals surface area contributed by atoms with Gasteiger partial charge in [-0.15, -0.1) is 0 Å². The minimum atomic E-state index is -0.00884. The normalized spacial score (nSPS) is 24.6. The molecule has 2 aliphatic heterocycles. The summed E-state index contributed by atoms with van der Waals surface area (Å²) in [5.41, 5.74) is 0.625. The van der Waals surface area contributed by atoms with E-state index in [0.29, 0.717) is 31.1 Å². The number of nitrogens with zero attached hydrogens (tertiary/aromatic N) is 6. The van der Waals surface area contributed by atoms with Crippen LogP contribution in [0.25, 0.3) is 0 Å². The van der Waals surface area contributed by atoms with Crippen molar-refractivity contribution < 1.29 is 4.79 Å². The van der Waals surface area contributed by atoms with Crippen molar-refractivity contribution in [2.45, 2.75) is 70.7 Å². The molecule has 1 amide bonds. The van der Waals surface area contributed by atoms with Gasteiger partial charge in [0, 0.05) is 38.3 Å². The average molecular weight is 356 g/mol. The van der Waals surface area contributed by atoms with Crippen molar-refractivity contribution in [1.29, 1.82) is 0 Å². The molecular weight excluding hydrogens is 332 g/mol. The summed E-state index contributed by atoms with van der Waals surface area (Å²) in [4.78, 5) is 27.9. The lowest BCUT2D eigenvalue weighted by molar-refractivity contribution is 0.0652. The Balaban J connectivity index is 1.45. The third-order valence-electron chi connectivity index (χ3n) is 6.03. The van der Waals surface area contributed by atoms with Crippen LogP contribution in [0.1, 0.15) is 48.9 Å². The molecule has 2 unspecified atom stereocenters. The topological polar surface area (TPSA) is 78.0 Å². The molecule has 0 radical (unpaired) electrons. The van der Waals surface area contributed by atoms with E-state index in [0.717, 1.165) is 25.2 Å². The summed E-state index contributed by atoms with van der Waals surface area (Å²) in [6, 6.07) is 1.97. The minimum absolute atomic E-state index is 0.00884. The first-order chi connectivity index (χ1) is 12.7. The second-order valence-electron chi connectivity index (χ2n) is 7.77. The van der Waals surface area contributed by atoms with Gasteiger partial charge in [-0.05, 0) is 44.6 Å². The van der Waals surface area contributed by atoms with Crippen molar-refractivity contribution in [3.8, 4) is 0 Å². The molecule has 0 aromatic carbocycles. The first-order valence-electron chi connectivity index (χ1n) is 9.66. The summed E-state index contributed by atoms with van der Waals surface area (Å²) in [6.45, 7) is 3.96. The number of aromatic nitrogens is 5.